The Labute approximate surface area is 167 Å². The second-order valence-electron chi connectivity index (χ2n) is 5.88. The van der Waals surface area contributed by atoms with E-state index in [4.69, 9.17) is 14.2 Å². The summed E-state index contributed by atoms with van der Waals surface area (Å²) in [5.74, 6) is 2.11. The lowest BCUT2D eigenvalue weighted by Gasteiger charge is -2.09. The molecule has 1 amide bonds. The number of hydrogen-bond acceptors (Lipinski definition) is 7. The molecule has 0 saturated heterocycles. The van der Waals surface area contributed by atoms with Gasteiger partial charge in [-0.15, -0.1) is 0 Å². The summed E-state index contributed by atoms with van der Waals surface area (Å²) in [5, 5.41) is 3.11. The molecule has 0 spiro atoms. The fourth-order valence-electron chi connectivity index (χ4n) is 2.48. The predicted octanol–water partition coefficient (Wildman–Crippen LogP) is 3.94. The highest BCUT2D eigenvalue weighted by molar-refractivity contribution is 7.10. The first-order chi connectivity index (χ1) is 13.6. The molecule has 8 heteroatoms. The number of hydrogen-bond donors (Lipinski definition) is 1. The van der Waals surface area contributed by atoms with E-state index in [1.807, 2.05) is 50.2 Å². The Hall–Kier alpha value is -3.13. The maximum atomic E-state index is 12.1. The molecule has 7 nitrogen and oxygen atoms in total. The first-order valence-corrected chi connectivity index (χ1v) is 9.50. The van der Waals surface area contributed by atoms with Crippen LogP contribution < -0.4 is 19.5 Å². The zero-order valence-corrected chi connectivity index (χ0v) is 16.7. The van der Waals surface area contributed by atoms with E-state index in [-0.39, 0.29) is 12.5 Å². The zero-order valence-electron chi connectivity index (χ0n) is 15.9. The highest BCUT2D eigenvalue weighted by Gasteiger charge is 2.13. The molecule has 1 N–H and O–H groups in total. The summed E-state index contributed by atoms with van der Waals surface area (Å²) in [6, 6.07) is 13.0. The Morgan fingerprint density at radius 2 is 2.00 bits per heavy atom. The Morgan fingerprint density at radius 1 is 1.14 bits per heavy atom. The largest absolute Gasteiger partial charge is 0.493 e. The molecular weight excluding hydrogens is 378 g/mol. The van der Waals surface area contributed by atoms with Gasteiger partial charge in [-0.3, -0.25) is 10.1 Å². The third-order valence-corrected chi connectivity index (χ3v) is 4.38. The molecule has 146 valence electrons. The normalized spacial score (nSPS) is 10.4. The number of rotatable bonds is 8. The number of benzene rings is 2. The molecule has 0 atom stereocenters. The van der Waals surface area contributed by atoms with E-state index in [1.54, 1.807) is 13.2 Å². The van der Waals surface area contributed by atoms with Crippen molar-refractivity contribution in [3.63, 3.8) is 0 Å². The molecule has 2 aromatic carbocycles. The minimum Gasteiger partial charge on any atom is -0.493 e. The van der Waals surface area contributed by atoms with Crippen molar-refractivity contribution in [3.8, 4) is 28.6 Å². The van der Waals surface area contributed by atoms with E-state index in [2.05, 4.69) is 14.7 Å². The lowest BCUT2D eigenvalue weighted by molar-refractivity contribution is -0.118. The molecule has 1 heterocycles. The zero-order chi connectivity index (χ0) is 19.9. The van der Waals surface area contributed by atoms with Crippen LogP contribution in [0.4, 0.5) is 5.13 Å². The summed E-state index contributed by atoms with van der Waals surface area (Å²) in [7, 11) is 1.58. The number of carbonyl (C=O) groups is 1. The summed E-state index contributed by atoms with van der Waals surface area (Å²) in [5.41, 5.74) is 1.84. The number of ether oxygens (including phenoxy) is 3. The van der Waals surface area contributed by atoms with Crippen molar-refractivity contribution in [2.45, 2.75) is 13.8 Å². The van der Waals surface area contributed by atoms with Crippen LogP contribution >= 0.6 is 11.5 Å². The van der Waals surface area contributed by atoms with Crippen LogP contribution in [0.1, 0.15) is 12.5 Å². The molecule has 0 aliphatic heterocycles. The van der Waals surface area contributed by atoms with E-state index in [1.165, 1.54) is 0 Å². The van der Waals surface area contributed by atoms with E-state index < -0.39 is 0 Å². The molecule has 3 rings (SSSR count). The van der Waals surface area contributed by atoms with Gasteiger partial charge in [-0.1, -0.05) is 12.1 Å². The van der Waals surface area contributed by atoms with Crippen LogP contribution in [0.25, 0.3) is 11.4 Å². The number of nitrogens with one attached hydrogen (secondary N) is 1. The predicted molar refractivity (Wildman–Crippen MR) is 108 cm³/mol. The monoisotopic (exact) mass is 399 g/mol. The molecular formula is C20H21N3O4S. The number of methoxy groups -OCH3 is 1. The van der Waals surface area contributed by atoms with E-state index in [9.17, 15) is 4.79 Å². The topological polar surface area (TPSA) is 82.6 Å². The van der Waals surface area contributed by atoms with Crippen molar-refractivity contribution in [1.82, 2.24) is 9.36 Å². The van der Waals surface area contributed by atoms with Crippen molar-refractivity contribution in [2.24, 2.45) is 0 Å². The average Bonchev–Trinajstić information content (AvgIpc) is 3.15. The highest BCUT2D eigenvalue weighted by Crippen LogP contribution is 2.32. The van der Waals surface area contributed by atoms with E-state index >= 15 is 0 Å². The fraction of sp³-hybridized carbons (Fsp3) is 0.250. The van der Waals surface area contributed by atoms with Gasteiger partial charge in [0.1, 0.15) is 5.75 Å². The molecule has 28 heavy (non-hydrogen) atoms. The Kier molecular flexibility index (Phi) is 6.44. The number of anilines is 1. The number of aryl methyl sites for hydroxylation is 1. The van der Waals surface area contributed by atoms with Crippen LogP contribution in [0.3, 0.4) is 0 Å². The molecule has 0 fully saturated rings. The van der Waals surface area contributed by atoms with Crippen LogP contribution in [0, 0.1) is 6.92 Å². The number of aromatic nitrogens is 2. The second kappa shape index (κ2) is 9.18. The van der Waals surface area contributed by atoms with Gasteiger partial charge < -0.3 is 14.2 Å². The SMILES string of the molecule is CCOc1ccc(-c2nsc(NC(=O)COc3cccc(C)c3)n2)cc1OC. The molecule has 0 radical (unpaired) electrons. The van der Waals surface area contributed by atoms with Gasteiger partial charge in [0.05, 0.1) is 13.7 Å². The third-order valence-electron chi connectivity index (χ3n) is 3.75. The Bertz CT molecular complexity index is 958. The maximum absolute atomic E-state index is 12.1. The van der Waals surface area contributed by atoms with Crippen molar-refractivity contribution < 1.29 is 19.0 Å². The quantitative estimate of drug-likeness (QED) is 0.618. The van der Waals surface area contributed by atoms with Crippen LogP contribution in [0.2, 0.25) is 0 Å². The lowest BCUT2D eigenvalue weighted by atomic mass is 10.2. The summed E-state index contributed by atoms with van der Waals surface area (Å²) >= 11 is 1.10. The number of nitrogens with zero attached hydrogens (tertiary/aromatic N) is 2. The minimum absolute atomic E-state index is 0.102. The smallest absolute Gasteiger partial charge is 0.264 e. The van der Waals surface area contributed by atoms with Gasteiger partial charge in [-0.25, -0.2) is 0 Å². The standard InChI is InChI=1S/C20H21N3O4S/c1-4-26-16-9-8-14(11-17(16)25-3)19-22-20(28-23-19)21-18(24)12-27-15-7-5-6-13(2)10-15/h5-11H,4,12H2,1-3H3,(H,21,22,23,24). The van der Waals surface area contributed by atoms with Crippen LogP contribution in [0.5, 0.6) is 17.2 Å². The van der Waals surface area contributed by atoms with Gasteiger partial charge >= 0.3 is 0 Å². The molecule has 0 saturated carbocycles. The van der Waals surface area contributed by atoms with Crippen molar-refractivity contribution in [2.75, 3.05) is 25.6 Å². The van der Waals surface area contributed by atoms with Gasteiger partial charge in [0, 0.05) is 17.1 Å². The van der Waals surface area contributed by atoms with Crippen molar-refractivity contribution in [1.29, 1.82) is 0 Å². The lowest BCUT2D eigenvalue weighted by Crippen LogP contribution is -2.20. The van der Waals surface area contributed by atoms with Crippen LogP contribution in [-0.2, 0) is 4.79 Å². The number of carbonyl (C=O) groups excluding carboxylic acids is 1. The molecule has 0 aliphatic carbocycles. The van der Waals surface area contributed by atoms with Gasteiger partial charge in [-0.05, 0) is 49.7 Å². The third kappa shape index (κ3) is 4.98. The van der Waals surface area contributed by atoms with E-state index in [0.29, 0.717) is 34.8 Å². The molecule has 0 aliphatic rings. The molecule has 3 aromatic rings. The first-order valence-electron chi connectivity index (χ1n) is 8.73. The maximum Gasteiger partial charge on any atom is 0.264 e. The summed E-state index contributed by atoms with van der Waals surface area (Å²) < 4.78 is 20.7. The summed E-state index contributed by atoms with van der Waals surface area (Å²) in [6.45, 7) is 4.32. The Balaban J connectivity index is 1.63. The van der Waals surface area contributed by atoms with Crippen LogP contribution in [-0.4, -0.2) is 35.6 Å². The molecule has 0 bridgehead atoms. The van der Waals surface area contributed by atoms with Gasteiger partial charge in [-0.2, -0.15) is 9.36 Å². The molecule has 1 aromatic heterocycles. The van der Waals surface area contributed by atoms with Gasteiger partial charge in [0.15, 0.2) is 23.9 Å². The van der Waals surface area contributed by atoms with E-state index in [0.717, 1.165) is 22.7 Å². The molecule has 0 unspecified atom stereocenters. The first kappa shape index (κ1) is 19.6. The summed E-state index contributed by atoms with van der Waals surface area (Å²) in [4.78, 5) is 16.5. The second-order valence-corrected chi connectivity index (χ2v) is 6.63. The minimum atomic E-state index is -0.298. The highest BCUT2D eigenvalue weighted by atomic mass is 32.1. The van der Waals surface area contributed by atoms with Crippen LogP contribution in [0.15, 0.2) is 42.5 Å². The van der Waals surface area contributed by atoms with Gasteiger partial charge in [0.25, 0.3) is 5.91 Å². The van der Waals surface area contributed by atoms with Crippen molar-refractivity contribution in [3.05, 3.63) is 48.0 Å². The van der Waals surface area contributed by atoms with Gasteiger partial charge in [0.2, 0.25) is 5.13 Å². The average molecular weight is 399 g/mol. The Morgan fingerprint density at radius 3 is 2.75 bits per heavy atom. The fourth-order valence-corrected chi connectivity index (χ4v) is 3.09. The van der Waals surface area contributed by atoms with Crippen molar-refractivity contribution >= 4 is 22.6 Å². The summed E-state index contributed by atoms with van der Waals surface area (Å²) in [6.07, 6.45) is 0. The number of amides is 1.